The molecule has 106 valence electrons. The Labute approximate surface area is 121 Å². The maximum Gasteiger partial charge on any atom is 0.268 e. The third-order valence-corrected chi connectivity index (χ3v) is 3.23. The van der Waals surface area contributed by atoms with E-state index in [0.717, 1.165) is 5.56 Å². The Morgan fingerprint density at radius 2 is 2.00 bits per heavy atom. The van der Waals surface area contributed by atoms with E-state index in [1.54, 1.807) is 12.3 Å². The van der Waals surface area contributed by atoms with Crippen molar-refractivity contribution in [1.82, 2.24) is 20.6 Å². The van der Waals surface area contributed by atoms with Crippen LogP contribution < -0.4 is 10.6 Å². The summed E-state index contributed by atoms with van der Waals surface area (Å²) >= 11 is 0. The van der Waals surface area contributed by atoms with Gasteiger partial charge in [0.15, 0.2) is 0 Å². The van der Waals surface area contributed by atoms with E-state index in [-0.39, 0.29) is 17.5 Å². The van der Waals surface area contributed by atoms with Gasteiger partial charge in [0.1, 0.15) is 11.7 Å². The van der Waals surface area contributed by atoms with Crippen LogP contribution in [0.1, 0.15) is 11.3 Å². The maximum atomic E-state index is 12.1. The lowest BCUT2D eigenvalue weighted by Gasteiger charge is -2.25. The molecule has 0 spiro atoms. The van der Waals surface area contributed by atoms with E-state index >= 15 is 0 Å². The Morgan fingerprint density at radius 1 is 1.19 bits per heavy atom. The minimum Gasteiger partial charge on any atom is -0.345 e. The highest BCUT2D eigenvalue weighted by Gasteiger charge is 2.29. The van der Waals surface area contributed by atoms with E-state index in [1.165, 1.54) is 6.33 Å². The summed E-state index contributed by atoms with van der Waals surface area (Å²) in [5.74, 6) is -0.519. The van der Waals surface area contributed by atoms with Crippen LogP contribution in [0.4, 0.5) is 0 Å². The topological polar surface area (TPSA) is 86.9 Å². The molecule has 21 heavy (non-hydrogen) atoms. The van der Waals surface area contributed by atoms with Crippen molar-refractivity contribution in [1.29, 1.82) is 0 Å². The highest BCUT2D eigenvalue weighted by molar-refractivity contribution is 6.07. The molecule has 1 aliphatic rings. The summed E-state index contributed by atoms with van der Waals surface area (Å²) in [6.45, 7) is 0. The van der Waals surface area contributed by atoms with Gasteiger partial charge in [-0.15, -0.1) is 0 Å². The summed E-state index contributed by atoms with van der Waals surface area (Å²) in [6.07, 6.45) is 5.10. The number of amides is 2. The summed E-state index contributed by atoms with van der Waals surface area (Å²) in [5, 5.41) is 5.36. The molecule has 2 amide bonds. The zero-order valence-corrected chi connectivity index (χ0v) is 11.2. The molecule has 1 atom stereocenters. The molecular formula is C15H14N4O2. The second-order valence-corrected chi connectivity index (χ2v) is 4.77. The predicted molar refractivity (Wildman–Crippen MR) is 76.8 cm³/mol. The fourth-order valence-electron chi connectivity index (χ4n) is 2.17. The summed E-state index contributed by atoms with van der Waals surface area (Å²) in [4.78, 5) is 30.8. The Hall–Kier alpha value is -2.89. The van der Waals surface area contributed by atoms with Crippen LogP contribution >= 0.6 is 0 Å². The SMILES string of the molecule is O=C1NC(Cc2ccccc2)C(=O)N/C1=C/c1cnc[nH]1. The quantitative estimate of drug-likeness (QED) is 0.721. The predicted octanol–water partition coefficient (Wildman–Crippen LogP) is 0.608. The van der Waals surface area contributed by atoms with Crippen molar-refractivity contribution in [3.8, 4) is 0 Å². The van der Waals surface area contributed by atoms with Crippen LogP contribution in [0, 0.1) is 0 Å². The molecule has 3 rings (SSSR count). The number of hydrogen-bond acceptors (Lipinski definition) is 3. The first kappa shape index (κ1) is 13.1. The Balaban J connectivity index is 1.73. The van der Waals surface area contributed by atoms with Crippen molar-refractivity contribution in [3.63, 3.8) is 0 Å². The fraction of sp³-hybridized carbons (Fsp3) is 0.133. The van der Waals surface area contributed by atoms with Crippen LogP contribution in [0.15, 0.2) is 48.6 Å². The van der Waals surface area contributed by atoms with Crippen molar-refractivity contribution in [2.24, 2.45) is 0 Å². The average molecular weight is 282 g/mol. The van der Waals surface area contributed by atoms with Crippen LogP contribution in [0.3, 0.4) is 0 Å². The number of imidazole rings is 1. The Bertz CT molecular complexity index is 677. The van der Waals surface area contributed by atoms with Gasteiger partial charge in [-0.25, -0.2) is 4.98 Å². The smallest absolute Gasteiger partial charge is 0.268 e. The zero-order valence-electron chi connectivity index (χ0n) is 11.2. The third kappa shape index (κ3) is 3.00. The van der Waals surface area contributed by atoms with Crippen LogP contribution in [0.25, 0.3) is 6.08 Å². The van der Waals surface area contributed by atoms with Crippen LogP contribution in [-0.2, 0) is 16.0 Å². The Morgan fingerprint density at radius 3 is 2.71 bits per heavy atom. The van der Waals surface area contributed by atoms with Crippen molar-refractivity contribution in [3.05, 3.63) is 59.8 Å². The molecule has 1 aromatic carbocycles. The van der Waals surface area contributed by atoms with E-state index in [2.05, 4.69) is 20.6 Å². The molecule has 0 bridgehead atoms. The molecule has 0 aliphatic carbocycles. The molecule has 6 nitrogen and oxygen atoms in total. The van der Waals surface area contributed by atoms with Crippen molar-refractivity contribution in [2.45, 2.75) is 12.5 Å². The molecule has 1 unspecified atom stereocenters. The van der Waals surface area contributed by atoms with Gasteiger partial charge in [-0.1, -0.05) is 30.3 Å². The van der Waals surface area contributed by atoms with E-state index in [4.69, 9.17) is 0 Å². The lowest BCUT2D eigenvalue weighted by atomic mass is 10.0. The minimum atomic E-state index is -0.557. The van der Waals surface area contributed by atoms with Gasteiger partial charge in [0.2, 0.25) is 5.91 Å². The van der Waals surface area contributed by atoms with Crippen LogP contribution in [-0.4, -0.2) is 27.8 Å². The molecule has 2 aromatic rings. The van der Waals surface area contributed by atoms with Crippen molar-refractivity contribution in [2.75, 3.05) is 0 Å². The van der Waals surface area contributed by atoms with Crippen molar-refractivity contribution >= 4 is 17.9 Å². The number of rotatable bonds is 3. The number of piperazine rings is 1. The second kappa shape index (κ2) is 5.62. The first-order valence-electron chi connectivity index (χ1n) is 6.58. The molecule has 0 radical (unpaired) electrons. The number of nitrogens with zero attached hydrogens (tertiary/aromatic N) is 1. The molecule has 1 aromatic heterocycles. The largest absolute Gasteiger partial charge is 0.345 e. The van der Waals surface area contributed by atoms with Crippen LogP contribution in [0.2, 0.25) is 0 Å². The van der Waals surface area contributed by atoms with Gasteiger partial charge in [0.05, 0.1) is 18.2 Å². The third-order valence-electron chi connectivity index (χ3n) is 3.23. The number of benzene rings is 1. The number of aromatic amines is 1. The number of hydrogen-bond donors (Lipinski definition) is 3. The van der Waals surface area contributed by atoms with Gasteiger partial charge in [-0.3, -0.25) is 9.59 Å². The molecule has 1 saturated heterocycles. The number of carbonyl (C=O) groups is 2. The molecule has 0 saturated carbocycles. The monoisotopic (exact) mass is 282 g/mol. The first-order valence-corrected chi connectivity index (χ1v) is 6.58. The van der Waals surface area contributed by atoms with Crippen molar-refractivity contribution < 1.29 is 9.59 Å². The van der Waals surface area contributed by atoms with E-state index in [1.807, 2.05) is 30.3 Å². The van der Waals surface area contributed by atoms with Gasteiger partial charge in [-0.2, -0.15) is 0 Å². The number of aromatic nitrogens is 2. The lowest BCUT2D eigenvalue weighted by molar-refractivity contribution is -0.131. The van der Waals surface area contributed by atoms with Gasteiger partial charge in [0, 0.05) is 6.42 Å². The number of carbonyl (C=O) groups excluding carboxylic acids is 2. The van der Waals surface area contributed by atoms with Gasteiger partial charge in [0.25, 0.3) is 5.91 Å². The van der Waals surface area contributed by atoms with Gasteiger partial charge >= 0.3 is 0 Å². The molecule has 3 N–H and O–H groups in total. The van der Waals surface area contributed by atoms with Gasteiger partial charge < -0.3 is 15.6 Å². The van der Waals surface area contributed by atoms with E-state index in [0.29, 0.717) is 12.1 Å². The summed E-state index contributed by atoms with van der Waals surface area (Å²) < 4.78 is 0. The van der Waals surface area contributed by atoms with Gasteiger partial charge in [-0.05, 0) is 11.6 Å². The van der Waals surface area contributed by atoms with E-state index in [9.17, 15) is 9.59 Å². The lowest BCUT2D eigenvalue weighted by Crippen LogP contribution is -2.55. The molecule has 1 fully saturated rings. The highest BCUT2D eigenvalue weighted by atomic mass is 16.2. The standard InChI is InChI=1S/C15H14N4O2/c20-14-12(6-10-4-2-1-3-5-10)18-15(21)13(19-14)7-11-8-16-9-17-11/h1-5,7-9,12H,6H2,(H,16,17)(H,18,21)(H,19,20)/b13-7+. The number of H-pyrrole nitrogens is 1. The summed E-state index contributed by atoms with van der Waals surface area (Å²) in [7, 11) is 0. The van der Waals surface area contributed by atoms with Crippen LogP contribution in [0.5, 0.6) is 0 Å². The molecule has 6 heteroatoms. The number of nitrogens with one attached hydrogen (secondary N) is 3. The minimum absolute atomic E-state index is 0.216. The molecular weight excluding hydrogens is 268 g/mol. The average Bonchev–Trinajstić information content (AvgIpc) is 2.98. The van der Waals surface area contributed by atoms with E-state index < -0.39 is 6.04 Å². The molecule has 2 heterocycles. The molecule has 1 aliphatic heterocycles. The Kier molecular flexibility index (Phi) is 3.51. The summed E-state index contributed by atoms with van der Waals surface area (Å²) in [5.41, 5.74) is 1.87. The second-order valence-electron chi connectivity index (χ2n) is 4.77. The normalized spacial score (nSPS) is 20.2. The summed E-state index contributed by atoms with van der Waals surface area (Å²) in [6, 6.07) is 9.01. The first-order chi connectivity index (χ1) is 10.2. The zero-order chi connectivity index (χ0) is 14.7. The highest BCUT2D eigenvalue weighted by Crippen LogP contribution is 2.10. The maximum absolute atomic E-state index is 12.1. The fourth-order valence-corrected chi connectivity index (χ4v) is 2.17.